The van der Waals surface area contributed by atoms with Crippen molar-refractivity contribution in [3.8, 4) is 0 Å². The Hall–Kier alpha value is -2.75. The molecule has 0 spiro atoms. The normalized spacial score (nSPS) is 17.2. The van der Waals surface area contributed by atoms with Crippen LogP contribution in [0.3, 0.4) is 0 Å². The molecule has 1 unspecified atom stereocenters. The van der Waals surface area contributed by atoms with Crippen LogP contribution in [0.25, 0.3) is 10.9 Å². The number of rotatable bonds is 3. The van der Waals surface area contributed by atoms with E-state index < -0.39 is 0 Å². The largest absolute Gasteiger partial charge is 0.378 e. The lowest BCUT2D eigenvalue weighted by molar-refractivity contribution is 0.0791. The van der Waals surface area contributed by atoms with Crippen molar-refractivity contribution in [1.82, 2.24) is 9.88 Å². The van der Waals surface area contributed by atoms with E-state index in [2.05, 4.69) is 29.4 Å². The van der Waals surface area contributed by atoms with Gasteiger partial charge in [-0.15, -0.1) is 0 Å². The topological polar surface area (TPSA) is 39.3 Å². The zero-order chi connectivity index (χ0) is 17.4. The van der Waals surface area contributed by atoms with Gasteiger partial charge in [0.1, 0.15) is 0 Å². The van der Waals surface area contributed by atoms with Gasteiger partial charge in [0.15, 0.2) is 0 Å². The number of likely N-dealkylation sites (tertiary alicyclic amines) is 1. The van der Waals surface area contributed by atoms with Gasteiger partial charge in [-0.2, -0.15) is 0 Å². The quantitative estimate of drug-likeness (QED) is 0.790. The molecule has 1 saturated heterocycles. The van der Waals surface area contributed by atoms with Crippen molar-refractivity contribution in [3.05, 3.63) is 65.9 Å². The first-order chi connectivity index (χ1) is 12.1. The molecule has 0 radical (unpaired) electrons. The number of carbonyl (C=O) groups is 1. The van der Waals surface area contributed by atoms with Gasteiger partial charge in [0.05, 0.1) is 0 Å². The molecule has 3 aromatic rings. The lowest BCUT2D eigenvalue weighted by Gasteiger charge is -2.18. The molecule has 4 rings (SSSR count). The molecule has 1 atom stereocenters. The van der Waals surface area contributed by atoms with Crippen LogP contribution in [0.5, 0.6) is 0 Å². The summed E-state index contributed by atoms with van der Waals surface area (Å²) in [5, 5.41) is 1.28. The Kier molecular flexibility index (Phi) is 3.96. The maximum Gasteiger partial charge on any atom is 0.253 e. The number of aromatic amines is 1. The van der Waals surface area contributed by atoms with Gasteiger partial charge in [0.25, 0.3) is 5.91 Å². The van der Waals surface area contributed by atoms with Crippen molar-refractivity contribution < 1.29 is 4.79 Å². The molecule has 4 heteroatoms. The number of benzene rings is 2. The smallest absolute Gasteiger partial charge is 0.253 e. The average Bonchev–Trinajstić information content (AvgIpc) is 3.28. The minimum Gasteiger partial charge on any atom is -0.378 e. The number of carbonyl (C=O) groups excluding carboxylic acids is 1. The molecule has 1 aliphatic rings. The third kappa shape index (κ3) is 2.88. The second-order valence-corrected chi connectivity index (χ2v) is 6.97. The van der Waals surface area contributed by atoms with E-state index in [-0.39, 0.29) is 5.91 Å². The number of fused-ring (bicyclic) bond motifs is 1. The fourth-order valence-electron chi connectivity index (χ4n) is 3.72. The van der Waals surface area contributed by atoms with Gasteiger partial charge < -0.3 is 14.8 Å². The summed E-state index contributed by atoms with van der Waals surface area (Å²) < 4.78 is 0. The first-order valence-corrected chi connectivity index (χ1v) is 8.76. The Bertz CT molecular complexity index is 895. The predicted molar refractivity (Wildman–Crippen MR) is 102 cm³/mol. The van der Waals surface area contributed by atoms with Gasteiger partial charge in [0.2, 0.25) is 0 Å². The van der Waals surface area contributed by atoms with Gasteiger partial charge in [-0.05, 0) is 42.3 Å². The summed E-state index contributed by atoms with van der Waals surface area (Å²) in [6.45, 7) is 1.61. The number of nitrogens with zero attached hydrogens (tertiary/aromatic N) is 2. The summed E-state index contributed by atoms with van der Waals surface area (Å²) in [6.07, 6.45) is 3.12. The monoisotopic (exact) mass is 333 g/mol. The first kappa shape index (κ1) is 15.8. The lowest BCUT2D eigenvalue weighted by Crippen LogP contribution is -2.28. The highest BCUT2D eigenvalue weighted by Crippen LogP contribution is 2.33. The first-order valence-electron chi connectivity index (χ1n) is 8.76. The van der Waals surface area contributed by atoms with Crippen molar-refractivity contribution in [1.29, 1.82) is 0 Å². The minimum absolute atomic E-state index is 0.132. The fourth-order valence-corrected chi connectivity index (χ4v) is 3.72. The van der Waals surface area contributed by atoms with Gasteiger partial charge in [-0.1, -0.05) is 18.2 Å². The average molecular weight is 333 g/mol. The molecule has 1 amide bonds. The van der Waals surface area contributed by atoms with E-state index in [0.29, 0.717) is 5.92 Å². The van der Waals surface area contributed by atoms with Crippen LogP contribution in [0.2, 0.25) is 0 Å². The zero-order valence-corrected chi connectivity index (χ0v) is 14.7. The molecule has 1 aromatic heterocycles. The number of aromatic nitrogens is 1. The van der Waals surface area contributed by atoms with Crippen LogP contribution in [0.15, 0.2) is 54.7 Å². The molecule has 2 heterocycles. The SMILES string of the molecule is CN(C)c1ccc(C(=O)N2CCC(c3c[nH]c4ccccc34)C2)cc1. The van der Waals surface area contributed by atoms with E-state index in [0.717, 1.165) is 30.8 Å². The van der Waals surface area contributed by atoms with Crippen LogP contribution in [0.4, 0.5) is 5.69 Å². The predicted octanol–water partition coefficient (Wildman–Crippen LogP) is 3.86. The van der Waals surface area contributed by atoms with Gasteiger partial charge >= 0.3 is 0 Å². The second-order valence-electron chi connectivity index (χ2n) is 6.97. The Morgan fingerprint density at radius 3 is 2.64 bits per heavy atom. The molecule has 25 heavy (non-hydrogen) atoms. The number of amides is 1. The Morgan fingerprint density at radius 2 is 1.88 bits per heavy atom. The highest BCUT2D eigenvalue weighted by molar-refractivity contribution is 5.95. The summed E-state index contributed by atoms with van der Waals surface area (Å²) in [5.74, 6) is 0.536. The van der Waals surface area contributed by atoms with Crippen LogP contribution in [0.1, 0.15) is 28.3 Å². The fraction of sp³-hybridized carbons (Fsp3) is 0.286. The summed E-state index contributed by atoms with van der Waals surface area (Å²) in [5.41, 5.74) is 4.37. The molecular weight excluding hydrogens is 310 g/mol. The van der Waals surface area contributed by atoms with Crippen molar-refractivity contribution in [2.24, 2.45) is 0 Å². The highest BCUT2D eigenvalue weighted by Gasteiger charge is 2.29. The molecule has 1 N–H and O–H groups in total. The maximum atomic E-state index is 12.8. The van der Waals surface area contributed by atoms with Crippen LogP contribution in [-0.4, -0.2) is 43.0 Å². The third-order valence-corrected chi connectivity index (χ3v) is 5.17. The summed E-state index contributed by atoms with van der Waals surface area (Å²) in [4.78, 5) is 20.2. The highest BCUT2D eigenvalue weighted by atomic mass is 16.2. The minimum atomic E-state index is 0.132. The van der Waals surface area contributed by atoms with E-state index in [1.54, 1.807) is 0 Å². The summed E-state index contributed by atoms with van der Waals surface area (Å²) >= 11 is 0. The molecule has 0 saturated carbocycles. The molecule has 0 aliphatic carbocycles. The standard InChI is InChI=1S/C21H23N3O/c1-23(2)17-9-7-15(8-10-17)21(25)24-12-11-16(14-24)19-13-22-20-6-4-3-5-18(19)20/h3-10,13,16,22H,11-12,14H2,1-2H3. The molecule has 128 valence electrons. The maximum absolute atomic E-state index is 12.8. The number of H-pyrrole nitrogens is 1. The van der Waals surface area contributed by atoms with E-state index in [9.17, 15) is 4.79 Å². The molecule has 4 nitrogen and oxygen atoms in total. The van der Waals surface area contributed by atoms with E-state index in [1.165, 1.54) is 16.5 Å². The van der Waals surface area contributed by atoms with Crippen LogP contribution in [-0.2, 0) is 0 Å². The van der Waals surface area contributed by atoms with Crippen LogP contribution in [0, 0.1) is 0 Å². The lowest BCUT2D eigenvalue weighted by atomic mass is 9.98. The number of anilines is 1. The van der Waals surface area contributed by atoms with Crippen molar-refractivity contribution in [2.45, 2.75) is 12.3 Å². The van der Waals surface area contributed by atoms with Crippen molar-refractivity contribution in [2.75, 3.05) is 32.1 Å². The summed E-state index contributed by atoms with van der Waals surface area (Å²) in [7, 11) is 4.01. The van der Waals surface area contributed by atoms with Gasteiger partial charge in [0, 0.05) is 61.5 Å². The Morgan fingerprint density at radius 1 is 1.12 bits per heavy atom. The number of hydrogen-bond donors (Lipinski definition) is 1. The van der Waals surface area contributed by atoms with Crippen molar-refractivity contribution >= 4 is 22.5 Å². The van der Waals surface area contributed by atoms with Crippen molar-refractivity contribution in [3.63, 3.8) is 0 Å². The van der Waals surface area contributed by atoms with E-state index in [4.69, 9.17) is 0 Å². The Balaban J connectivity index is 1.51. The van der Waals surface area contributed by atoms with Crippen LogP contribution < -0.4 is 4.90 Å². The third-order valence-electron chi connectivity index (χ3n) is 5.17. The summed E-state index contributed by atoms with van der Waals surface area (Å²) in [6, 6.07) is 16.2. The van der Waals surface area contributed by atoms with E-state index >= 15 is 0 Å². The molecular formula is C21H23N3O. The van der Waals surface area contributed by atoms with Gasteiger partial charge in [-0.3, -0.25) is 4.79 Å². The number of hydrogen-bond acceptors (Lipinski definition) is 2. The number of para-hydroxylation sites is 1. The van der Waals surface area contributed by atoms with Gasteiger partial charge in [-0.25, -0.2) is 0 Å². The van der Waals surface area contributed by atoms with Crippen LogP contribution >= 0.6 is 0 Å². The van der Waals surface area contributed by atoms with E-state index in [1.807, 2.05) is 54.2 Å². The zero-order valence-electron chi connectivity index (χ0n) is 14.7. The second kappa shape index (κ2) is 6.28. The Labute approximate surface area is 148 Å². The molecule has 0 bridgehead atoms. The molecule has 1 fully saturated rings. The molecule has 1 aliphatic heterocycles. The number of nitrogens with one attached hydrogen (secondary N) is 1. The molecule has 2 aromatic carbocycles.